The Labute approximate surface area is 86.6 Å². The summed E-state index contributed by atoms with van der Waals surface area (Å²) in [5.41, 5.74) is 0. The van der Waals surface area contributed by atoms with Crippen LogP contribution in [0.3, 0.4) is 0 Å². The highest BCUT2D eigenvalue weighted by molar-refractivity contribution is 7.79. The van der Waals surface area contributed by atoms with E-state index in [1.54, 1.807) is 6.92 Å². The zero-order valence-corrected chi connectivity index (χ0v) is 9.09. The number of carbonyl (C=O) groups is 1. The Bertz CT molecular complexity index is 215. The summed E-state index contributed by atoms with van der Waals surface area (Å²) in [6, 6.07) is 0. The first-order valence-corrected chi connectivity index (χ1v) is 5.63. The van der Waals surface area contributed by atoms with E-state index < -0.39 is 17.0 Å². The molecule has 5 heteroatoms. The van der Waals surface area contributed by atoms with Crippen LogP contribution in [0.4, 0.5) is 0 Å². The topological polar surface area (TPSA) is 63.6 Å². The molecular weight excluding hydrogens is 204 g/mol. The normalized spacial score (nSPS) is 14.4. The zero-order chi connectivity index (χ0) is 11.0. The maximum Gasteiger partial charge on any atom is 0.330 e. The SMILES string of the molecule is C=CC(=O)OCCCCC(C)S(=O)O. The number of esters is 1. The average Bonchev–Trinajstić information content (AvgIpc) is 2.16. The van der Waals surface area contributed by atoms with Gasteiger partial charge in [-0.25, -0.2) is 9.00 Å². The third-order valence-corrected chi connectivity index (χ3v) is 2.68. The van der Waals surface area contributed by atoms with Crippen molar-refractivity contribution in [1.82, 2.24) is 0 Å². The Morgan fingerprint density at radius 2 is 2.29 bits per heavy atom. The van der Waals surface area contributed by atoms with Gasteiger partial charge in [0.1, 0.15) is 0 Å². The highest BCUT2D eigenvalue weighted by atomic mass is 32.2. The van der Waals surface area contributed by atoms with Gasteiger partial charge in [-0.15, -0.1) is 0 Å². The molecule has 0 rings (SSSR count). The predicted molar refractivity (Wildman–Crippen MR) is 55.2 cm³/mol. The van der Waals surface area contributed by atoms with Gasteiger partial charge in [-0.2, -0.15) is 0 Å². The van der Waals surface area contributed by atoms with Crippen molar-refractivity contribution in [2.24, 2.45) is 0 Å². The van der Waals surface area contributed by atoms with E-state index in [-0.39, 0.29) is 5.25 Å². The molecule has 0 amide bonds. The van der Waals surface area contributed by atoms with Crippen LogP contribution in [0.2, 0.25) is 0 Å². The quantitative estimate of drug-likeness (QED) is 0.305. The van der Waals surface area contributed by atoms with E-state index in [0.717, 1.165) is 12.5 Å². The molecule has 0 aromatic rings. The van der Waals surface area contributed by atoms with Crippen molar-refractivity contribution in [2.45, 2.75) is 31.4 Å². The molecule has 2 atom stereocenters. The number of hydrogen-bond acceptors (Lipinski definition) is 3. The summed E-state index contributed by atoms with van der Waals surface area (Å²) in [5.74, 6) is -0.427. The highest BCUT2D eigenvalue weighted by Gasteiger charge is 2.07. The molecule has 0 bridgehead atoms. The second kappa shape index (κ2) is 7.70. The van der Waals surface area contributed by atoms with E-state index in [1.807, 2.05) is 0 Å². The standard InChI is InChI=1S/C9H16O4S/c1-3-9(10)13-7-5-4-6-8(2)14(11)12/h3,8H,1,4-7H2,2H3,(H,11,12). The molecule has 0 aliphatic heterocycles. The van der Waals surface area contributed by atoms with Crippen LogP contribution >= 0.6 is 0 Å². The van der Waals surface area contributed by atoms with E-state index >= 15 is 0 Å². The monoisotopic (exact) mass is 220 g/mol. The van der Waals surface area contributed by atoms with Crippen LogP contribution in [0, 0.1) is 0 Å². The fourth-order valence-corrected chi connectivity index (χ4v) is 1.23. The van der Waals surface area contributed by atoms with Gasteiger partial charge in [0.25, 0.3) is 0 Å². The molecule has 0 spiro atoms. The van der Waals surface area contributed by atoms with Crippen LogP contribution in [-0.2, 0) is 20.6 Å². The molecule has 0 aliphatic carbocycles. The maximum absolute atomic E-state index is 10.6. The van der Waals surface area contributed by atoms with E-state index in [0.29, 0.717) is 19.4 Å². The van der Waals surface area contributed by atoms with Gasteiger partial charge in [-0.3, -0.25) is 0 Å². The first kappa shape index (κ1) is 13.3. The van der Waals surface area contributed by atoms with Crippen LogP contribution in [0.15, 0.2) is 12.7 Å². The van der Waals surface area contributed by atoms with Crippen molar-refractivity contribution >= 4 is 17.0 Å². The summed E-state index contributed by atoms with van der Waals surface area (Å²) in [6.45, 7) is 5.32. The second-order valence-electron chi connectivity index (χ2n) is 2.95. The van der Waals surface area contributed by atoms with Gasteiger partial charge in [0.2, 0.25) is 0 Å². The van der Waals surface area contributed by atoms with Gasteiger partial charge in [-0.05, 0) is 26.2 Å². The molecule has 0 saturated carbocycles. The molecule has 0 aliphatic rings. The summed E-state index contributed by atoms with van der Waals surface area (Å²) < 4.78 is 23.9. The fourth-order valence-electron chi connectivity index (χ4n) is 0.866. The minimum absolute atomic E-state index is 0.217. The van der Waals surface area contributed by atoms with Gasteiger partial charge in [0.05, 0.1) is 11.9 Å². The summed E-state index contributed by atoms with van der Waals surface area (Å²) in [6.07, 6.45) is 3.26. The lowest BCUT2D eigenvalue weighted by Crippen LogP contribution is -2.10. The smallest absolute Gasteiger partial charge is 0.330 e. The highest BCUT2D eigenvalue weighted by Crippen LogP contribution is 2.05. The van der Waals surface area contributed by atoms with Crippen LogP contribution in [0.5, 0.6) is 0 Å². The van der Waals surface area contributed by atoms with Crippen molar-refractivity contribution < 1.29 is 18.3 Å². The third kappa shape index (κ3) is 6.80. The Kier molecular flexibility index (Phi) is 7.32. The number of carbonyl (C=O) groups excluding carboxylic acids is 1. The minimum Gasteiger partial charge on any atom is -0.463 e. The summed E-state index contributed by atoms with van der Waals surface area (Å²) >= 11 is -1.75. The second-order valence-corrected chi connectivity index (χ2v) is 4.31. The molecule has 2 unspecified atom stereocenters. The van der Waals surface area contributed by atoms with E-state index in [9.17, 15) is 9.00 Å². The van der Waals surface area contributed by atoms with Crippen molar-refractivity contribution in [3.63, 3.8) is 0 Å². The molecule has 0 saturated heterocycles. The lowest BCUT2D eigenvalue weighted by molar-refractivity contribution is -0.137. The van der Waals surface area contributed by atoms with Crippen LogP contribution in [-0.4, -0.2) is 26.6 Å². The molecule has 14 heavy (non-hydrogen) atoms. The Morgan fingerprint density at radius 1 is 1.64 bits per heavy atom. The van der Waals surface area contributed by atoms with Gasteiger partial charge < -0.3 is 9.29 Å². The van der Waals surface area contributed by atoms with Gasteiger partial charge in [-0.1, -0.05) is 6.58 Å². The molecule has 0 radical (unpaired) electrons. The van der Waals surface area contributed by atoms with Crippen LogP contribution in [0.1, 0.15) is 26.2 Å². The first-order chi connectivity index (χ1) is 6.57. The van der Waals surface area contributed by atoms with Crippen molar-refractivity contribution in [3.8, 4) is 0 Å². The van der Waals surface area contributed by atoms with E-state index in [4.69, 9.17) is 9.29 Å². The maximum atomic E-state index is 10.6. The predicted octanol–water partition coefficient (Wildman–Crippen LogP) is 1.50. The zero-order valence-electron chi connectivity index (χ0n) is 8.27. The van der Waals surface area contributed by atoms with Crippen molar-refractivity contribution in [1.29, 1.82) is 0 Å². The third-order valence-electron chi connectivity index (χ3n) is 1.76. The number of hydrogen-bond donors (Lipinski definition) is 1. The van der Waals surface area contributed by atoms with Gasteiger partial charge >= 0.3 is 5.97 Å². The minimum atomic E-state index is -1.75. The average molecular weight is 220 g/mol. The Hall–Kier alpha value is -0.680. The van der Waals surface area contributed by atoms with Gasteiger partial charge in [0, 0.05) is 6.08 Å². The van der Waals surface area contributed by atoms with Gasteiger partial charge in [0.15, 0.2) is 11.1 Å². The summed E-state index contributed by atoms with van der Waals surface area (Å²) in [7, 11) is 0. The molecule has 0 aromatic carbocycles. The first-order valence-electron chi connectivity index (χ1n) is 4.46. The molecular formula is C9H16O4S. The molecule has 82 valence electrons. The largest absolute Gasteiger partial charge is 0.463 e. The lowest BCUT2D eigenvalue weighted by atomic mass is 10.2. The molecule has 0 fully saturated rings. The number of unbranched alkanes of at least 4 members (excludes halogenated alkanes) is 1. The number of rotatable bonds is 7. The molecule has 1 N–H and O–H groups in total. The number of ether oxygens (including phenoxy) is 1. The van der Waals surface area contributed by atoms with Crippen molar-refractivity contribution in [2.75, 3.05) is 6.61 Å². The van der Waals surface area contributed by atoms with Crippen molar-refractivity contribution in [3.05, 3.63) is 12.7 Å². The summed E-state index contributed by atoms with van der Waals surface area (Å²) in [5, 5.41) is -0.217. The Balaban J connectivity index is 3.34. The van der Waals surface area contributed by atoms with E-state index in [2.05, 4.69) is 6.58 Å². The summed E-state index contributed by atoms with van der Waals surface area (Å²) in [4.78, 5) is 10.6. The van der Waals surface area contributed by atoms with E-state index in [1.165, 1.54) is 0 Å². The lowest BCUT2D eigenvalue weighted by Gasteiger charge is -2.06. The molecule has 0 heterocycles. The fraction of sp³-hybridized carbons (Fsp3) is 0.667. The van der Waals surface area contributed by atoms with Crippen LogP contribution < -0.4 is 0 Å². The molecule has 4 nitrogen and oxygen atoms in total. The molecule has 0 aromatic heterocycles. The Morgan fingerprint density at radius 3 is 2.79 bits per heavy atom. The van der Waals surface area contributed by atoms with Crippen LogP contribution in [0.25, 0.3) is 0 Å².